The highest BCUT2D eigenvalue weighted by Gasteiger charge is 2.36. The molecule has 1 heterocycles. The summed E-state index contributed by atoms with van der Waals surface area (Å²) >= 11 is 0. The first kappa shape index (κ1) is 31.2. The third kappa shape index (κ3) is 7.59. The van der Waals surface area contributed by atoms with Gasteiger partial charge in [0.2, 0.25) is 0 Å². The van der Waals surface area contributed by atoms with Crippen molar-refractivity contribution in [2.75, 3.05) is 24.7 Å². The average molecular weight is 540 g/mol. The first-order valence-corrected chi connectivity index (χ1v) is 11.7. The highest BCUT2D eigenvalue weighted by molar-refractivity contribution is 5.87. The molecule has 2 unspecified atom stereocenters. The number of ether oxygens (including phenoxy) is 1. The molecule has 198 valence electrons. The molecule has 3 atom stereocenters. The Morgan fingerprint density at radius 3 is 2.39 bits per heavy atom. The van der Waals surface area contributed by atoms with Gasteiger partial charge in [0.05, 0.1) is 30.3 Å². The normalized spacial score (nSPS) is 15.5. The molecule has 1 amide bonds. The van der Waals surface area contributed by atoms with Crippen LogP contribution in [0.2, 0.25) is 0 Å². The van der Waals surface area contributed by atoms with Crippen LogP contribution in [0.25, 0.3) is 0 Å². The maximum atomic E-state index is 13.4. The number of hydrogen-bond donors (Lipinski definition) is 2. The van der Waals surface area contributed by atoms with E-state index in [2.05, 4.69) is 5.32 Å². The smallest absolute Gasteiger partial charge is 0.325 e. The number of hydrazine groups is 1. The fourth-order valence-corrected chi connectivity index (χ4v) is 4.41. The first-order valence-electron chi connectivity index (χ1n) is 11.7. The van der Waals surface area contributed by atoms with E-state index in [-0.39, 0.29) is 42.7 Å². The maximum Gasteiger partial charge on any atom is 0.325 e. The van der Waals surface area contributed by atoms with Gasteiger partial charge in [-0.3, -0.25) is 19.4 Å². The third-order valence-corrected chi connectivity index (χ3v) is 6.00. The van der Waals surface area contributed by atoms with E-state index >= 15 is 0 Å². The van der Waals surface area contributed by atoms with Gasteiger partial charge in [-0.05, 0) is 57.4 Å². The van der Waals surface area contributed by atoms with Gasteiger partial charge in [0.1, 0.15) is 6.54 Å². The van der Waals surface area contributed by atoms with Crippen LogP contribution in [0.5, 0.6) is 0 Å². The number of nitrogens with zero attached hydrogens (tertiary/aromatic N) is 2. The number of fused-ring (bicyclic) bond motifs is 1. The molecule has 10 heteroatoms. The lowest BCUT2D eigenvalue weighted by Crippen LogP contribution is -2.56. The third-order valence-electron chi connectivity index (χ3n) is 6.00. The number of hydrogen-bond acceptors (Lipinski definition) is 6. The highest BCUT2D eigenvalue weighted by Crippen LogP contribution is 2.33. The van der Waals surface area contributed by atoms with Gasteiger partial charge >= 0.3 is 11.9 Å². The molecule has 2 aromatic carbocycles. The number of benzene rings is 2. The van der Waals surface area contributed by atoms with Gasteiger partial charge in [-0.2, -0.15) is 0 Å². The number of carbonyl (C=O) groups excluding carboxylic acids is 2. The van der Waals surface area contributed by atoms with Crippen molar-refractivity contribution in [2.45, 2.75) is 51.6 Å². The van der Waals surface area contributed by atoms with Crippen molar-refractivity contribution in [3.63, 3.8) is 0 Å². The Morgan fingerprint density at radius 1 is 1.11 bits per heavy atom. The molecule has 3 rings (SSSR count). The summed E-state index contributed by atoms with van der Waals surface area (Å²) in [7, 11) is 0. The molecule has 0 saturated carbocycles. The zero-order chi connectivity index (χ0) is 24.7. The molecule has 36 heavy (non-hydrogen) atoms. The van der Waals surface area contributed by atoms with Gasteiger partial charge in [-0.15, -0.1) is 24.8 Å². The summed E-state index contributed by atoms with van der Waals surface area (Å²) < 4.78 is 5.24. The molecule has 0 aliphatic carbocycles. The Labute approximate surface area is 224 Å². The number of aliphatic carboxylic acids is 1. The molecule has 0 fully saturated rings. The second kappa shape index (κ2) is 14.7. The number of esters is 1. The molecule has 2 aromatic rings. The predicted octanol–water partition coefficient (Wildman–Crippen LogP) is 3.82. The number of halogens is 2. The Bertz CT molecular complexity index is 1010. The van der Waals surface area contributed by atoms with Gasteiger partial charge in [0, 0.05) is 0 Å². The van der Waals surface area contributed by atoms with Crippen LogP contribution in [-0.4, -0.2) is 59.7 Å². The summed E-state index contributed by atoms with van der Waals surface area (Å²) in [6.07, 6.45) is 1.18. The Morgan fingerprint density at radius 2 is 1.75 bits per heavy atom. The molecule has 1 aliphatic heterocycles. The molecule has 2 N–H and O–H groups in total. The van der Waals surface area contributed by atoms with Gasteiger partial charge in [0.25, 0.3) is 5.91 Å². The summed E-state index contributed by atoms with van der Waals surface area (Å²) in [6.45, 7) is 5.71. The molecule has 0 bridgehead atoms. The Hall–Kier alpha value is -2.81. The summed E-state index contributed by atoms with van der Waals surface area (Å²) in [5, 5.41) is 15.8. The van der Waals surface area contributed by atoms with Gasteiger partial charge < -0.3 is 15.2 Å². The van der Waals surface area contributed by atoms with Crippen LogP contribution in [0.15, 0.2) is 54.6 Å². The van der Waals surface area contributed by atoms with E-state index in [1.165, 1.54) is 5.01 Å². The lowest BCUT2D eigenvalue weighted by atomic mass is 9.95. The van der Waals surface area contributed by atoms with Crippen LogP contribution in [0.4, 0.5) is 5.69 Å². The zero-order valence-corrected chi connectivity index (χ0v) is 22.4. The number of nitrogens with one attached hydrogen (secondary N) is 1. The number of carbonyl (C=O) groups is 3. The lowest BCUT2D eigenvalue weighted by Gasteiger charge is -2.37. The summed E-state index contributed by atoms with van der Waals surface area (Å²) in [6, 6.07) is 16.5. The van der Waals surface area contributed by atoms with Crippen molar-refractivity contribution < 1.29 is 24.2 Å². The number of para-hydroxylation sites is 1. The Balaban J connectivity index is 0.00000324. The van der Waals surface area contributed by atoms with Crippen LogP contribution in [0.1, 0.15) is 44.2 Å². The second-order valence-corrected chi connectivity index (χ2v) is 8.50. The molecular formula is C26H35Cl2N3O5. The number of carboxylic acid groups (broad SMARTS) is 1. The second-order valence-electron chi connectivity index (χ2n) is 8.50. The van der Waals surface area contributed by atoms with Crippen LogP contribution in [0, 0.1) is 0 Å². The minimum absolute atomic E-state index is 0. The van der Waals surface area contributed by atoms with E-state index < -0.39 is 24.5 Å². The van der Waals surface area contributed by atoms with Crippen molar-refractivity contribution in [2.24, 2.45) is 0 Å². The van der Waals surface area contributed by atoms with E-state index in [1.807, 2.05) is 61.5 Å². The predicted molar refractivity (Wildman–Crippen MR) is 144 cm³/mol. The number of amides is 1. The van der Waals surface area contributed by atoms with Crippen molar-refractivity contribution in [3.05, 3.63) is 65.7 Å². The van der Waals surface area contributed by atoms with Crippen molar-refractivity contribution in [1.29, 1.82) is 0 Å². The lowest BCUT2D eigenvalue weighted by molar-refractivity contribution is -0.146. The van der Waals surface area contributed by atoms with Crippen molar-refractivity contribution >= 4 is 48.3 Å². The summed E-state index contributed by atoms with van der Waals surface area (Å²) in [5.74, 6) is -2.16. The highest BCUT2D eigenvalue weighted by atomic mass is 35.5. The quantitative estimate of drug-likeness (QED) is 0.418. The number of anilines is 1. The molecule has 0 saturated heterocycles. The molecule has 0 radical (unpaired) electrons. The molecule has 0 aromatic heterocycles. The SMILES string of the molecule is CCOC(=O)C(CCN[C@@H](C)C(=O)N(CC(=O)O)N1c2ccccc2CC1C)c1ccccc1.Cl.Cl. The maximum absolute atomic E-state index is 13.4. The van der Waals surface area contributed by atoms with Gasteiger partial charge in [-0.25, -0.2) is 5.01 Å². The van der Waals surface area contributed by atoms with E-state index in [1.54, 1.807) is 18.9 Å². The minimum Gasteiger partial charge on any atom is -0.480 e. The van der Waals surface area contributed by atoms with E-state index in [0.717, 1.165) is 23.2 Å². The fraction of sp³-hybridized carbons (Fsp3) is 0.423. The Kier molecular flexibility index (Phi) is 12.7. The van der Waals surface area contributed by atoms with Gasteiger partial charge in [-0.1, -0.05) is 48.5 Å². The van der Waals surface area contributed by atoms with Crippen LogP contribution in [-0.2, 0) is 25.5 Å². The largest absolute Gasteiger partial charge is 0.480 e. The van der Waals surface area contributed by atoms with E-state index in [0.29, 0.717) is 19.6 Å². The van der Waals surface area contributed by atoms with Crippen molar-refractivity contribution in [3.8, 4) is 0 Å². The topological polar surface area (TPSA) is 99.2 Å². The zero-order valence-electron chi connectivity index (χ0n) is 20.8. The van der Waals surface area contributed by atoms with Crippen LogP contribution in [0.3, 0.4) is 0 Å². The molecule has 1 aliphatic rings. The summed E-state index contributed by atoms with van der Waals surface area (Å²) in [4.78, 5) is 37.5. The van der Waals surface area contributed by atoms with Crippen LogP contribution < -0.4 is 10.3 Å². The molecule has 8 nitrogen and oxygen atoms in total. The molecular weight excluding hydrogens is 505 g/mol. The average Bonchev–Trinajstić information content (AvgIpc) is 3.15. The van der Waals surface area contributed by atoms with Crippen LogP contribution >= 0.6 is 24.8 Å². The summed E-state index contributed by atoms with van der Waals surface area (Å²) in [5.41, 5.74) is 2.79. The molecule has 0 spiro atoms. The fourth-order valence-electron chi connectivity index (χ4n) is 4.41. The monoisotopic (exact) mass is 539 g/mol. The first-order chi connectivity index (χ1) is 16.3. The number of carboxylic acids is 1. The van der Waals surface area contributed by atoms with E-state index in [4.69, 9.17) is 4.74 Å². The van der Waals surface area contributed by atoms with Crippen molar-refractivity contribution in [1.82, 2.24) is 10.3 Å². The standard InChI is InChI=1S/C26H33N3O5.2ClH/c1-4-34-26(33)22(20-10-6-5-7-11-20)14-15-27-19(3)25(32)28(17-24(30)31)29-18(2)16-21-12-8-9-13-23(21)29;;/h5-13,18-19,22,27H,4,14-17H2,1-3H3,(H,30,31);2*1H/t18?,19-,22?;;/m0../s1. The minimum atomic E-state index is -1.08. The number of rotatable bonds is 11. The van der Waals surface area contributed by atoms with E-state index in [9.17, 15) is 19.5 Å². The van der Waals surface area contributed by atoms with Gasteiger partial charge in [0.15, 0.2) is 0 Å².